The average molecular weight is 482 g/mol. The zero-order chi connectivity index (χ0) is 24.7. The molecule has 1 aromatic heterocycles. The Balaban J connectivity index is 1.46. The van der Waals surface area contributed by atoms with Crippen LogP contribution in [0.25, 0.3) is 11.8 Å². The molecule has 5 nitrogen and oxygen atoms in total. The highest BCUT2D eigenvalue weighted by Gasteiger charge is 2.39. The van der Waals surface area contributed by atoms with E-state index in [9.17, 15) is 18.0 Å². The molecule has 0 spiro atoms. The van der Waals surface area contributed by atoms with E-state index in [1.54, 1.807) is 18.3 Å². The van der Waals surface area contributed by atoms with Crippen molar-refractivity contribution < 1.29 is 22.7 Å². The van der Waals surface area contributed by atoms with Gasteiger partial charge in [0.05, 0.1) is 30.9 Å². The number of ether oxygens (including phenoxy) is 1. The maximum Gasteiger partial charge on any atom is 0.250 e. The Morgan fingerprint density at radius 1 is 1.09 bits per heavy atom. The highest BCUT2D eigenvalue weighted by molar-refractivity contribution is 5.99. The number of fused-ring (bicyclic) bond motifs is 1. The third-order valence-electron chi connectivity index (χ3n) is 6.93. The highest BCUT2D eigenvalue weighted by atomic mass is 19.2. The Hall–Kier alpha value is -3.55. The first-order valence-electron chi connectivity index (χ1n) is 11.7. The predicted octanol–water partition coefficient (Wildman–Crippen LogP) is 5.91. The normalized spacial score (nSPS) is 21.3. The quantitative estimate of drug-likeness (QED) is 0.344. The molecule has 2 aromatic carbocycles. The lowest BCUT2D eigenvalue weighted by Crippen LogP contribution is -2.49. The molecule has 35 heavy (non-hydrogen) atoms. The Labute approximate surface area is 201 Å². The number of benzene rings is 2. The minimum Gasteiger partial charge on any atom is -0.495 e. The summed E-state index contributed by atoms with van der Waals surface area (Å²) in [5.74, 6) is -3.46. The Bertz CT molecular complexity index is 1290. The lowest BCUT2D eigenvalue weighted by molar-refractivity contribution is -0.136. The molecular weight excluding hydrogens is 455 g/mol. The van der Waals surface area contributed by atoms with Crippen molar-refractivity contribution in [2.45, 2.75) is 51.1 Å². The average Bonchev–Trinajstić information content (AvgIpc) is 3.29. The minimum absolute atomic E-state index is 0.00373. The number of hydrogen-bond acceptors (Lipinski definition) is 3. The standard InChI is InChI=1S/C27H26F3N3O2/c1-16-14-32(15-31-16)24-9-6-17(11-25(24)35-2)10-18-7-8-20-4-3-5-23(33(20)27(18)34)19-12-21(28)26(30)22(29)13-19/h6,9-15,20,23H,3-5,7-8H2,1-2H3/b18-10+/t20-,23-/m1/s1. The van der Waals surface area contributed by atoms with Gasteiger partial charge < -0.3 is 14.2 Å². The molecular formula is C27H26F3N3O2. The van der Waals surface area contributed by atoms with Gasteiger partial charge in [0, 0.05) is 17.8 Å². The summed E-state index contributed by atoms with van der Waals surface area (Å²) < 4.78 is 48.9. The number of rotatable bonds is 4. The summed E-state index contributed by atoms with van der Waals surface area (Å²) in [5, 5.41) is 0. The molecule has 1 amide bonds. The summed E-state index contributed by atoms with van der Waals surface area (Å²) >= 11 is 0. The van der Waals surface area contributed by atoms with Crippen LogP contribution in [-0.2, 0) is 4.79 Å². The number of amides is 1. The summed E-state index contributed by atoms with van der Waals surface area (Å²) in [4.78, 5) is 19.6. The number of aryl methyl sites for hydroxylation is 1. The van der Waals surface area contributed by atoms with Gasteiger partial charge in [0.2, 0.25) is 0 Å². The van der Waals surface area contributed by atoms with Crippen LogP contribution >= 0.6 is 0 Å². The van der Waals surface area contributed by atoms with Gasteiger partial charge in [0.25, 0.3) is 5.91 Å². The maximum atomic E-state index is 14.0. The smallest absolute Gasteiger partial charge is 0.250 e. The van der Waals surface area contributed by atoms with Gasteiger partial charge in [-0.25, -0.2) is 18.2 Å². The van der Waals surface area contributed by atoms with E-state index in [1.807, 2.05) is 42.0 Å². The molecule has 2 atom stereocenters. The summed E-state index contributed by atoms with van der Waals surface area (Å²) in [6.45, 7) is 1.91. The van der Waals surface area contributed by atoms with E-state index >= 15 is 0 Å². The molecule has 0 unspecified atom stereocenters. The molecule has 182 valence electrons. The SMILES string of the molecule is COc1cc(/C=C2\CC[C@H]3CCC[C@H](c4cc(F)c(F)c(F)c4)N3C2=O)ccc1-n1cnc(C)c1. The Kier molecular flexibility index (Phi) is 6.13. The number of methoxy groups -OCH3 is 1. The fourth-order valence-electron chi connectivity index (χ4n) is 5.25. The largest absolute Gasteiger partial charge is 0.495 e. The second-order valence-electron chi connectivity index (χ2n) is 9.17. The Morgan fingerprint density at radius 3 is 2.54 bits per heavy atom. The Morgan fingerprint density at radius 2 is 1.86 bits per heavy atom. The second-order valence-corrected chi connectivity index (χ2v) is 9.17. The van der Waals surface area contributed by atoms with Crippen LogP contribution < -0.4 is 4.74 Å². The van der Waals surface area contributed by atoms with E-state index < -0.39 is 23.5 Å². The molecule has 2 saturated heterocycles. The zero-order valence-electron chi connectivity index (χ0n) is 19.6. The number of carbonyl (C=O) groups is 1. The molecule has 2 aliphatic rings. The van der Waals surface area contributed by atoms with Gasteiger partial charge in [-0.3, -0.25) is 4.79 Å². The molecule has 0 aliphatic carbocycles. The van der Waals surface area contributed by atoms with Crippen LogP contribution in [-0.4, -0.2) is 33.5 Å². The molecule has 0 bridgehead atoms. The van der Waals surface area contributed by atoms with E-state index in [0.717, 1.165) is 48.3 Å². The van der Waals surface area contributed by atoms with Crippen LogP contribution in [0.5, 0.6) is 5.75 Å². The number of imidazole rings is 1. The number of hydrogen-bond donors (Lipinski definition) is 0. The van der Waals surface area contributed by atoms with Crippen LogP contribution in [0.15, 0.2) is 48.4 Å². The number of halogens is 3. The number of aromatic nitrogens is 2. The minimum atomic E-state index is -1.49. The van der Waals surface area contributed by atoms with Crippen molar-refractivity contribution in [1.29, 1.82) is 0 Å². The summed E-state index contributed by atoms with van der Waals surface area (Å²) in [5.41, 5.74) is 3.46. The van der Waals surface area contributed by atoms with Gasteiger partial charge in [-0.15, -0.1) is 0 Å². The van der Waals surface area contributed by atoms with Gasteiger partial charge in [0.1, 0.15) is 5.75 Å². The summed E-state index contributed by atoms with van der Waals surface area (Å²) in [6, 6.07) is 7.23. The number of nitrogens with zero attached hydrogens (tertiary/aromatic N) is 3. The first-order chi connectivity index (χ1) is 16.9. The van der Waals surface area contributed by atoms with Crippen LogP contribution in [0.3, 0.4) is 0 Å². The highest BCUT2D eigenvalue weighted by Crippen LogP contribution is 2.41. The monoisotopic (exact) mass is 481 g/mol. The van der Waals surface area contributed by atoms with E-state index in [4.69, 9.17) is 4.74 Å². The van der Waals surface area contributed by atoms with Crippen molar-refractivity contribution in [3.8, 4) is 11.4 Å². The van der Waals surface area contributed by atoms with Gasteiger partial charge >= 0.3 is 0 Å². The number of piperidine rings is 2. The fourth-order valence-corrected chi connectivity index (χ4v) is 5.25. The molecule has 0 N–H and O–H groups in total. The van der Waals surface area contributed by atoms with E-state index in [0.29, 0.717) is 29.7 Å². The van der Waals surface area contributed by atoms with E-state index in [2.05, 4.69) is 4.98 Å². The fraction of sp³-hybridized carbons (Fsp3) is 0.333. The van der Waals surface area contributed by atoms with Crippen LogP contribution in [0.4, 0.5) is 13.2 Å². The van der Waals surface area contributed by atoms with Gasteiger partial charge in [-0.1, -0.05) is 6.07 Å². The first-order valence-corrected chi connectivity index (χ1v) is 11.7. The van der Waals surface area contributed by atoms with Crippen molar-refractivity contribution in [1.82, 2.24) is 14.5 Å². The van der Waals surface area contributed by atoms with Crippen LogP contribution in [0, 0.1) is 24.4 Å². The molecule has 5 rings (SSSR count). The first kappa shape index (κ1) is 23.2. The van der Waals surface area contributed by atoms with Crippen molar-refractivity contribution >= 4 is 12.0 Å². The van der Waals surface area contributed by atoms with Crippen molar-refractivity contribution in [3.63, 3.8) is 0 Å². The van der Waals surface area contributed by atoms with Crippen LogP contribution in [0.1, 0.15) is 55.0 Å². The molecule has 2 fully saturated rings. The molecule has 3 aromatic rings. The van der Waals surface area contributed by atoms with Crippen molar-refractivity contribution in [3.05, 3.63) is 82.7 Å². The third kappa shape index (κ3) is 4.33. The van der Waals surface area contributed by atoms with E-state index in [-0.39, 0.29) is 11.9 Å². The number of carbonyl (C=O) groups excluding carboxylic acids is 1. The van der Waals surface area contributed by atoms with Crippen molar-refractivity contribution in [2.24, 2.45) is 0 Å². The van der Waals surface area contributed by atoms with Gasteiger partial charge in [-0.2, -0.15) is 0 Å². The predicted molar refractivity (Wildman–Crippen MR) is 126 cm³/mol. The second kappa shape index (κ2) is 9.24. The lowest BCUT2D eigenvalue weighted by atomic mass is 9.83. The summed E-state index contributed by atoms with van der Waals surface area (Å²) in [7, 11) is 1.59. The topological polar surface area (TPSA) is 47.4 Å². The molecule has 3 heterocycles. The molecule has 0 saturated carbocycles. The van der Waals surface area contributed by atoms with Gasteiger partial charge in [-0.05, 0) is 80.5 Å². The summed E-state index contributed by atoms with van der Waals surface area (Å²) in [6.07, 6.45) is 9.10. The molecule has 0 radical (unpaired) electrons. The molecule has 2 aliphatic heterocycles. The third-order valence-corrected chi connectivity index (χ3v) is 6.93. The van der Waals surface area contributed by atoms with E-state index in [1.165, 1.54) is 0 Å². The van der Waals surface area contributed by atoms with Crippen LogP contribution in [0.2, 0.25) is 0 Å². The zero-order valence-corrected chi connectivity index (χ0v) is 19.6. The lowest BCUT2D eigenvalue weighted by Gasteiger charge is -2.46. The van der Waals surface area contributed by atoms with Gasteiger partial charge in [0.15, 0.2) is 17.5 Å². The maximum absolute atomic E-state index is 14.0. The molecule has 8 heteroatoms. The van der Waals surface area contributed by atoms with Crippen molar-refractivity contribution in [2.75, 3.05) is 7.11 Å².